The zero-order valence-electron chi connectivity index (χ0n) is 16.1. The van der Waals surface area contributed by atoms with E-state index in [-0.39, 0.29) is 11.8 Å². The third-order valence-electron chi connectivity index (χ3n) is 5.26. The number of amides is 2. The van der Waals surface area contributed by atoms with Gasteiger partial charge in [0.25, 0.3) is 0 Å². The van der Waals surface area contributed by atoms with Crippen molar-refractivity contribution in [1.29, 1.82) is 0 Å². The molecule has 146 valence electrons. The molecule has 0 bridgehead atoms. The first kappa shape index (κ1) is 19.4. The van der Waals surface area contributed by atoms with Gasteiger partial charge in [-0.05, 0) is 43.0 Å². The van der Waals surface area contributed by atoms with E-state index in [0.717, 1.165) is 50.3 Å². The van der Waals surface area contributed by atoms with Gasteiger partial charge in [-0.1, -0.05) is 12.1 Å². The number of carbonyl (C=O) groups excluding carboxylic acids is 2. The van der Waals surface area contributed by atoms with E-state index in [2.05, 4.69) is 4.90 Å². The molecule has 1 aromatic carbocycles. The number of carbonyl (C=O) groups is 2. The van der Waals surface area contributed by atoms with Gasteiger partial charge < -0.3 is 14.5 Å². The van der Waals surface area contributed by atoms with Gasteiger partial charge in [-0.15, -0.1) is 0 Å². The molecule has 0 aliphatic carbocycles. The van der Waals surface area contributed by atoms with Crippen molar-refractivity contribution in [2.24, 2.45) is 0 Å². The van der Waals surface area contributed by atoms with Crippen LogP contribution in [-0.4, -0.2) is 79.4 Å². The quantitative estimate of drug-likeness (QED) is 0.742. The van der Waals surface area contributed by atoms with Crippen LogP contribution < -0.4 is 4.74 Å². The van der Waals surface area contributed by atoms with Crippen molar-refractivity contribution in [3.8, 4) is 5.75 Å². The van der Waals surface area contributed by atoms with Crippen molar-refractivity contribution < 1.29 is 14.3 Å². The highest BCUT2D eigenvalue weighted by Crippen LogP contribution is 2.14. The van der Waals surface area contributed by atoms with Crippen LogP contribution in [0.25, 0.3) is 6.08 Å². The zero-order chi connectivity index (χ0) is 19.1. The highest BCUT2D eigenvalue weighted by molar-refractivity contribution is 5.92. The lowest BCUT2D eigenvalue weighted by atomic mass is 10.1. The summed E-state index contributed by atoms with van der Waals surface area (Å²) in [6, 6.07) is 7.62. The fraction of sp³-hybridized carbons (Fsp3) is 0.524. The predicted octanol–water partition coefficient (Wildman–Crippen LogP) is 1.87. The maximum absolute atomic E-state index is 12.4. The number of piperidine rings is 1. The van der Waals surface area contributed by atoms with Crippen LogP contribution in [0.15, 0.2) is 30.3 Å². The molecule has 3 rings (SSSR count). The van der Waals surface area contributed by atoms with Gasteiger partial charge in [0.15, 0.2) is 0 Å². The molecule has 2 heterocycles. The van der Waals surface area contributed by atoms with Crippen molar-refractivity contribution >= 4 is 17.9 Å². The standard InChI is InChI=1S/C21H29N3O3/c1-27-19-7-5-6-18(16-19)8-9-20(25)24-14-12-22(13-15-24)17-21(26)23-10-3-2-4-11-23/h5-9,16H,2-4,10-15,17H2,1H3/b9-8+. The molecule has 6 heteroatoms. The van der Waals surface area contributed by atoms with Crippen molar-refractivity contribution in [3.63, 3.8) is 0 Å². The van der Waals surface area contributed by atoms with Gasteiger partial charge >= 0.3 is 0 Å². The maximum atomic E-state index is 12.4. The van der Waals surface area contributed by atoms with Gasteiger partial charge in [-0.2, -0.15) is 0 Å². The Labute approximate surface area is 161 Å². The Morgan fingerprint density at radius 2 is 1.74 bits per heavy atom. The Balaban J connectivity index is 1.44. The molecule has 2 aliphatic rings. The molecule has 0 aromatic heterocycles. The van der Waals surface area contributed by atoms with Crippen LogP contribution in [0.2, 0.25) is 0 Å². The molecule has 0 spiro atoms. The molecule has 1 aromatic rings. The number of likely N-dealkylation sites (tertiary alicyclic amines) is 1. The summed E-state index contributed by atoms with van der Waals surface area (Å²) in [4.78, 5) is 30.8. The Hall–Kier alpha value is -2.34. The number of methoxy groups -OCH3 is 1. The first-order valence-corrected chi connectivity index (χ1v) is 9.77. The lowest BCUT2D eigenvalue weighted by Gasteiger charge is -2.35. The first-order valence-electron chi connectivity index (χ1n) is 9.77. The normalized spacial score (nSPS) is 18.7. The number of hydrogen-bond donors (Lipinski definition) is 0. The van der Waals surface area contributed by atoms with Gasteiger partial charge in [-0.25, -0.2) is 0 Å². The van der Waals surface area contributed by atoms with Crippen LogP contribution in [0, 0.1) is 0 Å². The zero-order valence-corrected chi connectivity index (χ0v) is 16.1. The largest absolute Gasteiger partial charge is 0.497 e. The molecule has 0 N–H and O–H groups in total. The fourth-order valence-corrected chi connectivity index (χ4v) is 3.58. The van der Waals surface area contributed by atoms with E-state index in [1.807, 2.05) is 40.1 Å². The average Bonchev–Trinajstić information content (AvgIpc) is 2.73. The number of hydrogen-bond acceptors (Lipinski definition) is 4. The van der Waals surface area contributed by atoms with E-state index in [4.69, 9.17) is 4.74 Å². The Morgan fingerprint density at radius 3 is 2.44 bits per heavy atom. The van der Waals surface area contributed by atoms with Gasteiger partial charge in [0.05, 0.1) is 13.7 Å². The van der Waals surface area contributed by atoms with Crippen molar-refractivity contribution in [1.82, 2.24) is 14.7 Å². The van der Waals surface area contributed by atoms with Crippen LogP contribution in [0.5, 0.6) is 5.75 Å². The minimum absolute atomic E-state index is 0.0137. The summed E-state index contributed by atoms with van der Waals surface area (Å²) in [5.41, 5.74) is 0.938. The summed E-state index contributed by atoms with van der Waals surface area (Å²) in [5.74, 6) is 1.02. The minimum Gasteiger partial charge on any atom is -0.497 e. The van der Waals surface area contributed by atoms with E-state index < -0.39 is 0 Å². The summed E-state index contributed by atoms with van der Waals surface area (Å²) in [6.07, 6.45) is 6.90. The highest BCUT2D eigenvalue weighted by Gasteiger charge is 2.23. The molecule has 6 nitrogen and oxygen atoms in total. The predicted molar refractivity (Wildman–Crippen MR) is 105 cm³/mol. The van der Waals surface area contributed by atoms with Crippen LogP contribution in [0.1, 0.15) is 24.8 Å². The molecular weight excluding hydrogens is 342 g/mol. The SMILES string of the molecule is COc1cccc(/C=C/C(=O)N2CCN(CC(=O)N3CCCCC3)CC2)c1. The number of ether oxygens (including phenoxy) is 1. The Morgan fingerprint density at radius 1 is 1.00 bits per heavy atom. The summed E-state index contributed by atoms with van der Waals surface area (Å²) in [6.45, 7) is 5.08. The Kier molecular flexibility index (Phi) is 6.87. The second kappa shape index (κ2) is 9.55. The first-order chi connectivity index (χ1) is 13.2. The van der Waals surface area contributed by atoms with Gasteiger partial charge in [0.1, 0.15) is 5.75 Å². The monoisotopic (exact) mass is 371 g/mol. The van der Waals surface area contributed by atoms with Crippen LogP contribution in [0.3, 0.4) is 0 Å². The third kappa shape index (κ3) is 5.57. The third-order valence-corrected chi connectivity index (χ3v) is 5.26. The molecule has 0 unspecified atom stereocenters. The van der Waals surface area contributed by atoms with E-state index in [1.165, 1.54) is 6.42 Å². The van der Waals surface area contributed by atoms with Gasteiger partial charge in [-0.3, -0.25) is 14.5 Å². The second-order valence-corrected chi connectivity index (χ2v) is 7.15. The van der Waals surface area contributed by atoms with Crippen LogP contribution in [0.4, 0.5) is 0 Å². The molecule has 2 aliphatic heterocycles. The van der Waals surface area contributed by atoms with E-state index in [1.54, 1.807) is 13.2 Å². The van der Waals surface area contributed by atoms with E-state index >= 15 is 0 Å². The van der Waals surface area contributed by atoms with E-state index in [9.17, 15) is 9.59 Å². The average molecular weight is 371 g/mol. The highest BCUT2D eigenvalue weighted by atomic mass is 16.5. The summed E-state index contributed by atoms with van der Waals surface area (Å²) in [7, 11) is 1.63. The maximum Gasteiger partial charge on any atom is 0.246 e. The number of piperazine rings is 1. The topological polar surface area (TPSA) is 53.1 Å². The lowest BCUT2D eigenvalue weighted by molar-refractivity contribution is -0.134. The van der Waals surface area contributed by atoms with Crippen molar-refractivity contribution in [3.05, 3.63) is 35.9 Å². The summed E-state index contributed by atoms with van der Waals surface area (Å²) < 4.78 is 5.20. The van der Waals surface area contributed by atoms with Crippen LogP contribution >= 0.6 is 0 Å². The number of nitrogens with zero attached hydrogens (tertiary/aromatic N) is 3. The molecular formula is C21H29N3O3. The fourth-order valence-electron chi connectivity index (χ4n) is 3.58. The molecule has 27 heavy (non-hydrogen) atoms. The number of benzene rings is 1. The second-order valence-electron chi connectivity index (χ2n) is 7.15. The van der Waals surface area contributed by atoms with Gasteiger partial charge in [0.2, 0.25) is 11.8 Å². The lowest BCUT2D eigenvalue weighted by Crippen LogP contribution is -2.51. The molecule has 0 saturated carbocycles. The minimum atomic E-state index is 0.0137. The number of rotatable bonds is 5. The summed E-state index contributed by atoms with van der Waals surface area (Å²) in [5, 5.41) is 0. The molecule has 2 saturated heterocycles. The Bertz CT molecular complexity index is 675. The van der Waals surface area contributed by atoms with Gasteiger partial charge in [0, 0.05) is 45.3 Å². The molecule has 2 fully saturated rings. The van der Waals surface area contributed by atoms with E-state index in [0.29, 0.717) is 19.6 Å². The molecule has 2 amide bonds. The molecule has 0 atom stereocenters. The summed E-state index contributed by atoms with van der Waals surface area (Å²) >= 11 is 0. The van der Waals surface area contributed by atoms with Crippen molar-refractivity contribution in [2.45, 2.75) is 19.3 Å². The van der Waals surface area contributed by atoms with Crippen LogP contribution in [-0.2, 0) is 9.59 Å². The molecule has 0 radical (unpaired) electrons. The van der Waals surface area contributed by atoms with Crippen molar-refractivity contribution in [2.75, 3.05) is 52.9 Å². The smallest absolute Gasteiger partial charge is 0.246 e.